The molecule has 5 nitrogen and oxygen atoms in total. The first-order valence-electron chi connectivity index (χ1n) is 7.39. The molecular formula is C17H16ClNO4S. The number of hydrogen-bond donors (Lipinski definition) is 1. The van der Waals surface area contributed by atoms with Crippen LogP contribution in [0.15, 0.2) is 41.3 Å². The summed E-state index contributed by atoms with van der Waals surface area (Å²) < 4.78 is 33.0. The van der Waals surface area contributed by atoms with Crippen molar-refractivity contribution in [2.75, 3.05) is 11.8 Å². The Hall–Kier alpha value is -2.05. The summed E-state index contributed by atoms with van der Waals surface area (Å²) in [5, 5.41) is 0.306. The molecule has 0 heterocycles. The van der Waals surface area contributed by atoms with Gasteiger partial charge in [0.1, 0.15) is 16.4 Å². The molecule has 0 aromatic heterocycles. The van der Waals surface area contributed by atoms with Gasteiger partial charge in [-0.2, -0.15) is 0 Å². The summed E-state index contributed by atoms with van der Waals surface area (Å²) in [5.74, 6) is 0.426. The van der Waals surface area contributed by atoms with Crippen LogP contribution in [0.4, 0.5) is 5.69 Å². The first-order chi connectivity index (χ1) is 11.4. The molecule has 1 N–H and O–H groups in total. The number of nitrogens with one attached hydrogen (secondary N) is 1. The minimum absolute atomic E-state index is 0.0228. The fourth-order valence-corrected chi connectivity index (χ4v) is 4.22. The van der Waals surface area contributed by atoms with Crippen LogP contribution in [0.2, 0.25) is 5.02 Å². The molecule has 0 amide bonds. The lowest BCUT2D eigenvalue weighted by atomic mass is 9.91. The summed E-state index contributed by atoms with van der Waals surface area (Å²) >= 11 is 5.91. The van der Waals surface area contributed by atoms with Crippen LogP contribution >= 0.6 is 11.6 Å². The maximum Gasteiger partial charge on any atom is 0.265 e. The summed E-state index contributed by atoms with van der Waals surface area (Å²) in [4.78, 5) is 11.5. The van der Waals surface area contributed by atoms with Gasteiger partial charge in [0.25, 0.3) is 10.0 Å². The molecule has 126 valence electrons. The number of Topliss-reactive ketones (excluding diaryl/α,β-unsaturated/α-hetero) is 1. The summed E-state index contributed by atoms with van der Waals surface area (Å²) in [6.45, 7) is 0. The number of hydrogen-bond acceptors (Lipinski definition) is 4. The topological polar surface area (TPSA) is 72.5 Å². The van der Waals surface area contributed by atoms with E-state index in [1.165, 1.54) is 19.2 Å². The Balaban J connectivity index is 1.93. The highest BCUT2D eigenvalue weighted by atomic mass is 35.5. The van der Waals surface area contributed by atoms with E-state index in [0.717, 1.165) is 11.1 Å². The van der Waals surface area contributed by atoms with Gasteiger partial charge in [-0.1, -0.05) is 17.7 Å². The molecule has 0 saturated carbocycles. The third-order valence-corrected chi connectivity index (χ3v) is 5.57. The number of benzene rings is 2. The zero-order valence-electron chi connectivity index (χ0n) is 13.0. The second-order valence-corrected chi connectivity index (χ2v) is 7.69. The number of rotatable bonds is 4. The van der Waals surface area contributed by atoms with Gasteiger partial charge >= 0.3 is 0 Å². The van der Waals surface area contributed by atoms with Gasteiger partial charge in [0, 0.05) is 23.6 Å². The van der Waals surface area contributed by atoms with E-state index >= 15 is 0 Å². The van der Waals surface area contributed by atoms with Gasteiger partial charge in [-0.05, 0) is 47.9 Å². The number of sulfonamides is 1. The average Bonchev–Trinajstić information content (AvgIpc) is 2.54. The van der Waals surface area contributed by atoms with Crippen LogP contribution in [-0.4, -0.2) is 21.3 Å². The molecule has 0 saturated heterocycles. The van der Waals surface area contributed by atoms with Crippen LogP contribution in [0.1, 0.15) is 17.5 Å². The van der Waals surface area contributed by atoms with Crippen LogP contribution in [0.5, 0.6) is 5.75 Å². The molecule has 1 aliphatic rings. The first-order valence-corrected chi connectivity index (χ1v) is 9.25. The summed E-state index contributed by atoms with van der Waals surface area (Å²) in [6.07, 6.45) is 1.53. The average molecular weight is 366 g/mol. The van der Waals surface area contributed by atoms with Crippen molar-refractivity contribution in [1.29, 1.82) is 0 Å². The van der Waals surface area contributed by atoms with E-state index in [4.69, 9.17) is 16.3 Å². The molecule has 7 heteroatoms. The SMILES string of the molecule is COc1ccc(Cl)cc1S(=O)(=O)Nc1ccc2c(c1)CCC(=O)C2. The Morgan fingerprint density at radius 2 is 1.88 bits per heavy atom. The van der Waals surface area contributed by atoms with E-state index in [1.807, 2.05) is 0 Å². The van der Waals surface area contributed by atoms with E-state index in [-0.39, 0.29) is 16.4 Å². The minimum atomic E-state index is -3.84. The molecule has 2 aromatic rings. The van der Waals surface area contributed by atoms with Crippen LogP contribution in [-0.2, 0) is 27.7 Å². The third-order valence-electron chi connectivity index (χ3n) is 3.93. The predicted molar refractivity (Wildman–Crippen MR) is 92.3 cm³/mol. The molecule has 24 heavy (non-hydrogen) atoms. The highest BCUT2D eigenvalue weighted by Crippen LogP contribution is 2.30. The Bertz CT molecular complexity index is 909. The second kappa shape index (κ2) is 6.45. The Labute approximate surface area is 145 Å². The zero-order valence-corrected chi connectivity index (χ0v) is 14.6. The number of carbonyl (C=O) groups is 1. The molecule has 1 aliphatic carbocycles. The van der Waals surface area contributed by atoms with Crippen molar-refractivity contribution < 1.29 is 17.9 Å². The molecule has 0 unspecified atom stereocenters. The van der Waals surface area contributed by atoms with E-state index in [0.29, 0.717) is 30.0 Å². The van der Waals surface area contributed by atoms with Crippen LogP contribution in [0.3, 0.4) is 0 Å². The number of anilines is 1. The summed E-state index contributed by atoms with van der Waals surface area (Å²) in [5.41, 5.74) is 2.40. The number of ether oxygens (including phenoxy) is 1. The second-order valence-electron chi connectivity index (χ2n) is 5.60. The van der Waals surface area contributed by atoms with Crippen molar-refractivity contribution in [3.05, 3.63) is 52.5 Å². The minimum Gasteiger partial charge on any atom is -0.495 e. The zero-order chi connectivity index (χ0) is 17.3. The predicted octanol–water partition coefficient (Wildman–Crippen LogP) is 3.21. The van der Waals surface area contributed by atoms with E-state index in [9.17, 15) is 13.2 Å². The lowest BCUT2D eigenvalue weighted by Gasteiger charge is -2.17. The number of ketones is 1. The van der Waals surface area contributed by atoms with Crippen molar-refractivity contribution in [3.8, 4) is 5.75 Å². The van der Waals surface area contributed by atoms with Crippen LogP contribution in [0, 0.1) is 0 Å². The third kappa shape index (κ3) is 3.39. The van der Waals surface area contributed by atoms with E-state index in [2.05, 4.69) is 4.72 Å². The van der Waals surface area contributed by atoms with Gasteiger partial charge in [-0.3, -0.25) is 9.52 Å². The van der Waals surface area contributed by atoms with Crippen molar-refractivity contribution in [2.45, 2.75) is 24.2 Å². The number of halogens is 1. The maximum atomic E-state index is 12.6. The fraction of sp³-hybridized carbons (Fsp3) is 0.235. The van der Waals surface area contributed by atoms with Gasteiger partial charge in [0.15, 0.2) is 0 Å². The fourth-order valence-electron chi connectivity index (χ4n) is 2.74. The van der Waals surface area contributed by atoms with Gasteiger partial charge in [0.05, 0.1) is 7.11 Å². The number of fused-ring (bicyclic) bond motifs is 1. The summed E-state index contributed by atoms with van der Waals surface area (Å²) in [7, 11) is -2.44. The molecule has 0 bridgehead atoms. The molecule has 0 fully saturated rings. The lowest BCUT2D eigenvalue weighted by molar-refractivity contribution is -0.118. The molecular weight excluding hydrogens is 350 g/mol. The maximum absolute atomic E-state index is 12.6. The monoisotopic (exact) mass is 365 g/mol. The highest BCUT2D eigenvalue weighted by molar-refractivity contribution is 7.92. The van der Waals surface area contributed by atoms with Crippen molar-refractivity contribution >= 4 is 33.1 Å². The smallest absolute Gasteiger partial charge is 0.265 e. The normalized spacial score (nSPS) is 14.2. The number of methoxy groups -OCH3 is 1. The van der Waals surface area contributed by atoms with Gasteiger partial charge in [-0.25, -0.2) is 8.42 Å². The van der Waals surface area contributed by atoms with Gasteiger partial charge < -0.3 is 4.74 Å². The molecule has 0 spiro atoms. The lowest BCUT2D eigenvalue weighted by Crippen LogP contribution is -2.16. The molecule has 2 aromatic carbocycles. The number of aryl methyl sites for hydroxylation is 1. The Morgan fingerprint density at radius 1 is 1.08 bits per heavy atom. The van der Waals surface area contributed by atoms with Crippen molar-refractivity contribution in [2.24, 2.45) is 0 Å². The van der Waals surface area contributed by atoms with Crippen molar-refractivity contribution in [3.63, 3.8) is 0 Å². The summed E-state index contributed by atoms with van der Waals surface area (Å²) in [6, 6.07) is 9.65. The highest BCUT2D eigenvalue weighted by Gasteiger charge is 2.21. The van der Waals surface area contributed by atoms with Gasteiger partial charge in [0.2, 0.25) is 0 Å². The van der Waals surface area contributed by atoms with Gasteiger partial charge in [-0.15, -0.1) is 0 Å². The molecule has 0 atom stereocenters. The van der Waals surface area contributed by atoms with Crippen LogP contribution in [0.25, 0.3) is 0 Å². The largest absolute Gasteiger partial charge is 0.495 e. The quantitative estimate of drug-likeness (QED) is 0.903. The van der Waals surface area contributed by atoms with E-state index < -0.39 is 10.0 Å². The number of carbonyl (C=O) groups excluding carboxylic acids is 1. The molecule has 0 aliphatic heterocycles. The first kappa shape index (κ1) is 16.8. The standard InChI is InChI=1S/C17H16ClNO4S/c1-23-16-7-4-13(18)10-17(16)24(21,22)19-14-5-2-12-9-15(20)6-3-11(12)8-14/h2,4-5,7-8,10,19H,3,6,9H2,1H3. The molecule has 3 rings (SSSR count). The Kier molecular flexibility index (Phi) is 4.51. The Morgan fingerprint density at radius 3 is 2.62 bits per heavy atom. The van der Waals surface area contributed by atoms with Crippen LogP contribution < -0.4 is 9.46 Å². The van der Waals surface area contributed by atoms with Crippen molar-refractivity contribution in [1.82, 2.24) is 0 Å². The van der Waals surface area contributed by atoms with E-state index in [1.54, 1.807) is 24.3 Å². The molecule has 0 radical (unpaired) electrons.